The number of amides is 2. The number of hydrogen-bond acceptors (Lipinski definition) is 5. The Hall–Kier alpha value is -3.87. The second-order valence-electron chi connectivity index (χ2n) is 6.56. The van der Waals surface area contributed by atoms with Crippen molar-refractivity contribution in [3.05, 3.63) is 83.8 Å². The van der Waals surface area contributed by atoms with Crippen LogP contribution in [0, 0.1) is 0 Å². The Morgan fingerprint density at radius 2 is 1.70 bits per heavy atom. The molecule has 2 amide bonds. The maximum Gasteiger partial charge on any atom is 0.341 e. The monoisotopic (exact) mass is 406 g/mol. The fourth-order valence-electron chi connectivity index (χ4n) is 2.71. The molecule has 0 saturated carbocycles. The third-order valence-electron chi connectivity index (χ3n) is 4.42. The van der Waals surface area contributed by atoms with Gasteiger partial charge in [0.15, 0.2) is 11.9 Å². The van der Waals surface area contributed by atoms with Crippen molar-refractivity contribution in [1.29, 1.82) is 0 Å². The third kappa shape index (κ3) is 5.14. The molecule has 3 aromatic rings. The van der Waals surface area contributed by atoms with E-state index in [1.807, 2.05) is 19.1 Å². The van der Waals surface area contributed by atoms with Crippen LogP contribution in [0.15, 0.2) is 71.3 Å². The number of carbonyl (C=O) groups excluding carboxylic acids is 3. The molecule has 7 nitrogen and oxygen atoms in total. The Morgan fingerprint density at radius 1 is 0.967 bits per heavy atom. The fraction of sp³-hybridized carbons (Fsp3) is 0.174. The molecule has 2 aromatic carbocycles. The topological polar surface area (TPSA) is 97.6 Å². The van der Waals surface area contributed by atoms with Gasteiger partial charge < -0.3 is 19.8 Å². The molecule has 30 heavy (non-hydrogen) atoms. The lowest BCUT2D eigenvalue weighted by atomic mass is 10.1. The van der Waals surface area contributed by atoms with Gasteiger partial charge in [0.05, 0.1) is 17.5 Å². The summed E-state index contributed by atoms with van der Waals surface area (Å²) in [5, 5.41) is 5.33. The van der Waals surface area contributed by atoms with E-state index in [1.165, 1.54) is 25.3 Å². The molecule has 0 fully saturated rings. The SMILES string of the molecule is CCc1ccc(NC(=O)C(C)OC(=O)c2ccccc2NC(=O)c2ccco2)cc1. The number of ether oxygens (including phenoxy) is 1. The molecule has 1 heterocycles. The number of benzene rings is 2. The summed E-state index contributed by atoms with van der Waals surface area (Å²) in [4.78, 5) is 37.2. The van der Waals surface area contributed by atoms with Crippen LogP contribution in [-0.4, -0.2) is 23.9 Å². The molecule has 0 aliphatic carbocycles. The van der Waals surface area contributed by atoms with Crippen molar-refractivity contribution >= 4 is 29.2 Å². The molecule has 1 unspecified atom stereocenters. The summed E-state index contributed by atoms with van der Waals surface area (Å²) in [5.41, 5.74) is 2.16. The molecule has 3 rings (SSSR count). The molecule has 154 valence electrons. The van der Waals surface area contributed by atoms with Crippen molar-refractivity contribution < 1.29 is 23.5 Å². The van der Waals surface area contributed by atoms with Crippen molar-refractivity contribution in [1.82, 2.24) is 0 Å². The number of carbonyl (C=O) groups is 3. The first-order chi connectivity index (χ1) is 14.5. The van der Waals surface area contributed by atoms with E-state index in [0.29, 0.717) is 5.69 Å². The van der Waals surface area contributed by atoms with Gasteiger partial charge in [0, 0.05) is 5.69 Å². The van der Waals surface area contributed by atoms with E-state index in [1.54, 1.807) is 36.4 Å². The zero-order chi connectivity index (χ0) is 21.5. The van der Waals surface area contributed by atoms with E-state index < -0.39 is 23.9 Å². The van der Waals surface area contributed by atoms with Gasteiger partial charge in [0.1, 0.15) is 0 Å². The predicted molar refractivity (Wildman–Crippen MR) is 112 cm³/mol. The van der Waals surface area contributed by atoms with Crippen molar-refractivity contribution in [2.24, 2.45) is 0 Å². The minimum Gasteiger partial charge on any atom is -0.459 e. The number of furan rings is 1. The average molecular weight is 406 g/mol. The third-order valence-corrected chi connectivity index (χ3v) is 4.42. The average Bonchev–Trinajstić information content (AvgIpc) is 3.29. The molecule has 2 N–H and O–H groups in total. The van der Waals surface area contributed by atoms with Crippen molar-refractivity contribution in [2.45, 2.75) is 26.4 Å². The number of hydrogen-bond donors (Lipinski definition) is 2. The lowest BCUT2D eigenvalue weighted by Gasteiger charge is -2.15. The van der Waals surface area contributed by atoms with E-state index in [9.17, 15) is 14.4 Å². The quantitative estimate of drug-likeness (QED) is 0.571. The standard InChI is InChI=1S/C23H22N2O5/c1-3-16-10-12-17(13-11-16)24-21(26)15(2)30-23(28)18-7-4-5-8-19(18)25-22(27)20-9-6-14-29-20/h4-15H,3H2,1-2H3,(H,24,26)(H,25,27). The lowest BCUT2D eigenvalue weighted by Crippen LogP contribution is -2.30. The van der Waals surface area contributed by atoms with Crippen LogP contribution in [-0.2, 0) is 16.0 Å². The van der Waals surface area contributed by atoms with Gasteiger partial charge in [-0.25, -0.2) is 4.79 Å². The summed E-state index contributed by atoms with van der Waals surface area (Å²) in [7, 11) is 0. The van der Waals surface area contributed by atoms with E-state index in [4.69, 9.17) is 9.15 Å². The molecule has 1 aromatic heterocycles. The summed E-state index contributed by atoms with van der Waals surface area (Å²) in [6, 6.07) is 16.9. The number of aryl methyl sites for hydroxylation is 1. The van der Waals surface area contributed by atoms with Crippen LogP contribution in [0.2, 0.25) is 0 Å². The summed E-state index contributed by atoms with van der Waals surface area (Å²) in [5.74, 6) is -1.57. The molecule has 0 bridgehead atoms. The fourth-order valence-corrected chi connectivity index (χ4v) is 2.71. The number of esters is 1. The van der Waals surface area contributed by atoms with Gasteiger partial charge in [-0.2, -0.15) is 0 Å². The van der Waals surface area contributed by atoms with Gasteiger partial charge in [-0.1, -0.05) is 31.2 Å². The molecular formula is C23H22N2O5. The molecule has 0 spiro atoms. The summed E-state index contributed by atoms with van der Waals surface area (Å²) in [6.07, 6.45) is 1.25. The lowest BCUT2D eigenvalue weighted by molar-refractivity contribution is -0.123. The van der Waals surface area contributed by atoms with E-state index in [-0.39, 0.29) is 17.0 Å². The van der Waals surface area contributed by atoms with E-state index in [2.05, 4.69) is 10.6 Å². The van der Waals surface area contributed by atoms with Gasteiger partial charge in [-0.15, -0.1) is 0 Å². The van der Waals surface area contributed by atoms with Crippen molar-refractivity contribution in [2.75, 3.05) is 10.6 Å². The first-order valence-corrected chi connectivity index (χ1v) is 9.52. The van der Waals surface area contributed by atoms with Crippen LogP contribution >= 0.6 is 0 Å². The number of para-hydroxylation sites is 1. The zero-order valence-electron chi connectivity index (χ0n) is 16.7. The molecular weight excluding hydrogens is 384 g/mol. The van der Waals surface area contributed by atoms with Crippen LogP contribution in [0.3, 0.4) is 0 Å². The minimum absolute atomic E-state index is 0.111. The summed E-state index contributed by atoms with van der Waals surface area (Å²) in [6.45, 7) is 3.53. The maximum atomic E-state index is 12.6. The summed E-state index contributed by atoms with van der Waals surface area (Å²) >= 11 is 0. The van der Waals surface area contributed by atoms with Gasteiger partial charge in [0.25, 0.3) is 11.8 Å². The highest BCUT2D eigenvalue weighted by molar-refractivity contribution is 6.07. The van der Waals surface area contributed by atoms with Gasteiger partial charge in [-0.3, -0.25) is 9.59 Å². The van der Waals surface area contributed by atoms with E-state index >= 15 is 0 Å². The van der Waals surface area contributed by atoms with Crippen LogP contribution in [0.1, 0.15) is 40.3 Å². The maximum absolute atomic E-state index is 12.6. The van der Waals surface area contributed by atoms with Gasteiger partial charge in [-0.05, 0) is 55.3 Å². The van der Waals surface area contributed by atoms with Crippen LogP contribution < -0.4 is 10.6 Å². The normalized spacial score (nSPS) is 11.4. The Balaban J connectivity index is 1.64. The largest absolute Gasteiger partial charge is 0.459 e. The van der Waals surface area contributed by atoms with Gasteiger partial charge >= 0.3 is 5.97 Å². The van der Waals surface area contributed by atoms with Crippen LogP contribution in [0.5, 0.6) is 0 Å². The number of nitrogens with one attached hydrogen (secondary N) is 2. The van der Waals surface area contributed by atoms with Crippen molar-refractivity contribution in [3.8, 4) is 0 Å². The number of rotatable bonds is 7. The molecule has 7 heteroatoms. The Labute approximate surface area is 174 Å². The Morgan fingerprint density at radius 3 is 2.37 bits per heavy atom. The second kappa shape index (κ2) is 9.56. The Kier molecular flexibility index (Phi) is 6.64. The molecule has 0 aliphatic rings. The zero-order valence-corrected chi connectivity index (χ0v) is 16.7. The molecule has 0 aliphatic heterocycles. The first kappa shape index (κ1) is 20.9. The van der Waals surface area contributed by atoms with E-state index in [0.717, 1.165) is 12.0 Å². The van der Waals surface area contributed by atoms with Crippen LogP contribution in [0.25, 0.3) is 0 Å². The first-order valence-electron chi connectivity index (χ1n) is 9.52. The molecule has 1 atom stereocenters. The summed E-state index contributed by atoms with van der Waals surface area (Å²) < 4.78 is 10.4. The highest BCUT2D eigenvalue weighted by Crippen LogP contribution is 2.19. The van der Waals surface area contributed by atoms with Crippen molar-refractivity contribution in [3.63, 3.8) is 0 Å². The second-order valence-corrected chi connectivity index (χ2v) is 6.56. The highest BCUT2D eigenvalue weighted by atomic mass is 16.5. The highest BCUT2D eigenvalue weighted by Gasteiger charge is 2.22. The number of anilines is 2. The van der Waals surface area contributed by atoms with Crippen LogP contribution in [0.4, 0.5) is 11.4 Å². The van der Waals surface area contributed by atoms with Gasteiger partial charge in [0.2, 0.25) is 0 Å². The predicted octanol–water partition coefficient (Wildman–Crippen LogP) is 4.28. The minimum atomic E-state index is -1.03. The molecule has 0 radical (unpaired) electrons. The Bertz CT molecular complexity index is 1030. The smallest absolute Gasteiger partial charge is 0.341 e. The molecule has 0 saturated heterocycles.